The van der Waals surface area contributed by atoms with E-state index in [1.807, 2.05) is 22.9 Å². The third-order valence-corrected chi connectivity index (χ3v) is 6.39. The summed E-state index contributed by atoms with van der Waals surface area (Å²) in [4.78, 5) is 13.7. The molecule has 1 aliphatic carbocycles. The first kappa shape index (κ1) is 18.9. The molecule has 6 rings (SSSR count). The Balaban J connectivity index is 1.56. The van der Waals surface area contributed by atoms with Gasteiger partial charge in [-0.1, -0.05) is 48.5 Å². The van der Waals surface area contributed by atoms with Gasteiger partial charge in [0.1, 0.15) is 17.8 Å². The summed E-state index contributed by atoms with van der Waals surface area (Å²) in [5.74, 6) is 0.404. The average molecular weight is 422 g/mol. The van der Waals surface area contributed by atoms with Crippen LogP contribution in [0.3, 0.4) is 0 Å². The van der Waals surface area contributed by atoms with Gasteiger partial charge in [-0.25, -0.2) is 19.6 Å². The molecule has 158 valence electrons. The fraction of sp³-hybridized carbons (Fsp3) is 0.200. The molecule has 0 atom stereocenters. The summed E-state index contributed by atoms with van der Waals surface area (Å²) >= 11 is 0. The second-order valence-corrected chi connectivity index (χ2v) is 8.40. The third-order valence-electron chi connectivity index (χ3n) is 6.39. The molecule has 5 aromatic rings. The second kappa shape index (κ2) is 7.10. The van der Waals surface area contributed by atoms with Gasteiger partial charge in [-0.3, -0.25) is 0 Å². The van der Waals surface area contributed by atoms with Gasteiger partial charge in [0.05, 0.1) is 28.7 Å². The fourth-order valence-corrected chi connectivity index (χ4v) is 4.55. The van der Waals surface area contributed by atoms with Gasteiger partial charge in [-0.15, -0.1) is 0 Å². The van der Waals surface area contributed by atoms with Crippen LogP contribution < -0.4 is 5.73 Å². The molecule has 0 aliphatic heterocycles. The minimum atomic E-state index is -0.287. The van der Waals surface area contributed by atoms with Gasteiger partial charge >= 0.3 is 0 Å². The molecule has 1 saturated carbocycles. The van der Waals surface area contributed by atoms with E-state index in [-0.39, 0.29) is 12.1 Å². The van der Waals surface area contributed by atoms with E-state index in [9.17, 15) is 5.11 Å². The highest BCUT2D eigenvalue weighted by atomic mass is 16.3. The summed E-state index contributed by atoms with van der Waals surface area (Å²) in [5, 5.41) is 16.5. The number of hydrogen-bond acceptors (Lipinski definition) is 6. The monoisotopic (exact) mass is 422 g/mol. The Kier molecular flexibility index (Phi) is 4.19. The predicted octanol–water partition coefficient (Wildman–Crippen LogP) is 4.29. The van der Waals surface area contributed by atoms with E-state index in [1.165, 1.54) is 6.33 Å². The Morgan fingerprint density at radius 1 is 1.00 bits per heavy atom. The quantitative estimate of drug-likeness (QED) is 0.449. The van der Waals surface area contributed by atoms with Crippen molar-refractivity contribution < 1.29 is 5.11 Å². The Bertz CT molecular complexity index is 1470. The first-order valence-electron chi connectivity index (χ1n) is 10.7. The summed E-state index contributed by atoms with van der Waals surface area (Å²) in [6.45, 7) is 2.07. The van der Waals surface area contributed by atoms with Crippen molar-refractivity contribution in [1.29, 1.82) is 0 Å². The lowest BCUT2D eigenvalue weighted by molar-refractivity contribution is 0.0452. The van der Waals surface area contributed by atoms with Crippen LogP contribution in [0.15, 0.2) is 60.9 Å². The second-order valence-electron chi connectivity index (χ2n) is 8.40. The Hall–Kier alpha value is -3.84. The molecule has 3 N–H and O–H groups in total. The van der Waals surface area contributed by atoms with Gasteiger partial charge in [-0.2, -0.15) is 5.10 Å². The number of benzene rings is 2. The molecule has 0 bridgehead atoms. The summed E-state index contributed by atoms with van der Waals surface area (Å²) < 4.78 is 1.90. The highest BCUT2D eigenvalue weighted by molar-refractivity contribution is 6.01. The lowest BCUT2D eigenvalue weighted by Gasteiger charge is -2.31. The van der Waals surface area contributed by atoms with E-state index in [4.69, 9.17) is 15.8 Å². The van der Waals surface area contributed by atoms with Crippen LogP contribution in [0.1, 0.15) is 24.4 Å². The van der Waals surface area contributed by atoms with Crippen LogP contribution in [0, 0.1) is 6.92 Å². The zero-order chi connectivity index (χ0) is 21.8. The Morgan fingerprint density at radius 3 is 2.56 bits per heavy atom. The van der Waals surface area contributed by atoms with Crippen LogP contribution in [-0.4, -0.2) is 35.9 Å². The molecule has 0 spiro atoms. The van der Waals surface area contributed by atoms with E-state index < -0.39 is 0 Å². The SMILES string of the molecule is Cc1c(-c2nn(C3CC(O)C3)c3ncnc(N)c23)ccc2ccc(-c3ccccc3)nc12. The highest BCUT2D eigenvalue weighted by Gasteiger charge is 2.32. The maximum Gasteiger partial charge on any atom is 0.164 e. The van der Waals surface area contributed by atoms with E-state index >= 15 is 0 Å². The van der Waals surface area contributed by atoms with Gasteiger partial charge in [0.25, 0.3) is 0 Å². The van der Waals surface area contributed by atoms with Crippen LogP contribution in [0.25, 0.3) is 44.5 Å². The number of aliphatic hydroxyl groups is 1. The Labute approximate surface area is 184 Å². The van der Waals surface area contributed by atoms with Gasteiger partial charge < -0.3 is 10.8 Å². The van der Waals surface area contributed by atoms with Crippen molar-refractivity contribution in [3.05, 3.63) is 66.5 Å². The molecule has 1 fully saturated rings. The van der Waals surface area contributed by atoms with Crippen LogP contribution >= 0.6 is 0 Å². The van der Waals surface area contributed by atoms with Crippen molar-refractivity contribution in [2.75, 3.05) is 5.73 Å². The molecule has 0 amide bonds. The predicted molar refractivity (Wildman–Crippen MR) is 125 cm³/mol. The van der Waals surface area contributed by atoms with Gasteiger partial charge in [-0.05, 0) is 31.4 Å². The number of hydrogen-bond donors (Lipinski definition) is 2. The number of nitrogen functional groups attached to an aromatic ring is 1. The molecule has 0 unspecified atom stereocenters. The molecular formula is C25H22N6O. The van der Waals surface area contributed by atoms with Crippen molar-refractivity contribution >= 4 is 27.8 Å². The number of aliphatic hydroxyl groups excluding tert-OH is 1. The van der Waals surface area contributed by atoms with Crippen LogP contribution in [0.2, 0.25) is 0 Å². The molecule has 7 heteroatoms. The minimum Gasteiger partial charge on any atom is -0.393 e. The number of nitrogens with two attached hydrogens (primary N) is 1. The molecule has 32 heavy (non-hydrogen) atoms. The molecule has 3 heterocycles. The van der Waals surface area contributed by atoms with Gasteiger partial charge in [0.2, 0.25) is 0 Å². The normalized spacial score (nSPS) is 18.2. The van der Waals surface area contributed by atoms with Crippen molar-refractivity contribution in [2.24, 2.45) is 0 Å². The molecule has 2 aromatic carbocycles. The summed E-state index contributed by atoms with van der Waals surface area (Å²) in [6, 6.07) is 18.6. The van der Waals surface area contributed by atoms with Crippen molar-refractivity contribution in [2.45, 2.75) is 31.9 Å². The third kappa shape index (κ3) is 2.85. The minimum absolute atomic E-state index is 0.110. The van der Waals surface area contributed by atoms with E-state index in [0.717, 1.165) is 44.4 Å². The smallest absolute Gasteiger partial charge is 0.164 e. The topological polar surface area (TPSA) is 103 Å². The first-order chi connectivity index (χ1) is 15.6. The van der Waals surface area contributed by atoms with E-state index in [0.29, 0.717) is 24.3 Å². The van der Waals surface area contributed by atoms with Crippen LogP contribution in [0.5, 0.6) is 0 Å². The summed E-state index contributed by atoms with van der Waals surface area (Å²) in [7, 11) is 0. The average Bonchev–Trinajstić information content (AvgIpc) is 3.18. The first-order valence-corrected chi connectivity index (χ1v) is 10.7. The number of anilines is 1. The van der Waals surface area contributed by atoms with Crippen molar-refractivity contribution in [3.63, 3.8) is 0 Å². The van der Waals surface area contributed by atoms with Gasteiger partial charge in [0.15, 0.2) is 5.65 Å². The van der Waals surface area contributed by atoms with Crippen LogP contribution in [-0.2, 0) is 0 Å². The maximum atomic E-state index is 9.81. The molecule has 3 aromatic heterocycles. The zero-order valence-electron chi connectivity index (χ0n) is 17.6. The molecular weight excluding hydrogens is 400 g/mol. The maximum absolute atomic E-state index is 9.81. The molecule has 7 nitrogen and oxygen atoms in total. The van der Waals surface area contributed by atoms with Gasteiger partial charge in [0, 0.05) is 16.5 Å². The zero-order valence-corrected chi connectivity index (χ0v) is 17.6. The largest absolute Gasteiger partial charge is 0.393 e. The molecule has 0 saturated heterocycles. The lowest BCUT2D eigenvalue weighted by Crippen LogP contribution is -2.31. The number of aromatic nitrogens is 5. The Morgan fingerprint density at radius 2 is 1.78 bits per heavy atom. The number of rotatable bonds is 3. The summed E-state index contributed by atoms with van der Waals surface area (Å²) in [6.07, 6.45) is 2.51. The lowest BCUT2D eigenvalue weighted by atomic mass is 9.90. The number of aryl methyl sites for hydroxylation is 1. The summed E-state index contributed by atoms with van der Waals surface area (Å²) in [5.41, 5.74) is 12.7. The molecule has 1 aliphatic rings. The van der Waals surface area contributed by atoms with Crippen molar-refractivity contribution in [1.82, 2.24) is 24.7 Å². The number of pyridine rings is 1. The fourth-order valence-electron chi connectivity index (χ4n) is 4.55. The number of fused-ring (bicyclic) bond motifs is 2. The standard InChI is InChI=1S/C25H22N6O/c1-14-19(9-7-16-8-10-20(29-22(14)16)15-5-3-2-4-6-15)23-21-24(26)27-13-28-25(21)31(30-23)17-11-18(32)12-17/h2-10,13,17-18,32H,11-12H2,1H3,(H2,26,27,28). The van der Waals surface area contributed by atoms with Crippen molar-refractivity contribution in [3.8, 4) is 22.5 Å². The molecule has 0 radical (unpaired) electrons. The van der Waals surface area contributed by atoms with E-state index in [2.05, 4.69) is 53.3 Å². The number of nitrogens with zero attached hydrogens (tertiary/aromatic N) is 5. The van der Waals surface area contributed by atoms with Crippen LogP contribution in [0.4, 0.5) is 5.82 Å². The highest BCUT2D eigenvalue weighted by Crippen LogP contribution is 2.39. The van der Waals surface area contributed by atoms with E-state index in [1.54, 1.807) is 0 Å².